The van der Waals surface area contributed by atoms with E-state index in [1.54, 1.807) is 22.6 Å². The molecule has 1 saturated heterocycles. The van der Waals surface area contributed by atoms with E-state index in [1.165, 1.54) is 25.0 Å². The quantitative estimate of drug-likeness (QED) is 0.250. The molecular formula is C43H63FN2O4. The average molecular weight is 691 g/mol. The van der Waals surface area contributed by atoms with Gasteiger partial charge in [-0.25, -0.2) is 4.39 Å². The Hall–Kier alpha value is -2.25. The van der Waals surface area contributed by atoms with E-state index in [9.17, 15) is 19.1 Å². The van der Waals surface area contributed by atoms with Gasteiger partial charge in [-0.1, -0.05) is 66.2 Å². The number of nitrogens with zero attached hydrogens (tertiary/aromatic N) is 2. The molecule has 6 nitrogen and oxygen atoms in total. The van der Waals surface area contributed by atoms with Gasteiger partial charge < -0.3 is 14.7 Å². The van der Waals surface area contributed by atoms with E-state index in [4.69, 9.17) is 4.74 Å². The van der Waals surface area contributed by atoms with Crippen LogP contribution in [0.4, 0.5) is 4.39 Å². The maximum atomic E-state index is 14.5. The summed E-state index contributed by atoms with van der Waals surface area (Å²) in [4.78, 5) is 31.5. The number of aliphatic hydroxyl groups is 1. The van der Waals surface area contributed by atoms with Gasteiger partial charge in [-0.05, 0) is 127 Å². The number of esters is 1. The molecule has 6 aliphatic rings. The van der Waals surface area contributed by atoms with Crippen molar-refractivity contribution in [2.45, 2.75) is 112 Å². The normalized spacial score (nSPS) is 42.7. The van der Waals surface area contributed by atoms with Crippen molar-refractivity contribution < 1.29 is 23.8 Å². The number of carbonyl (C=O) groups is 2. The van der Waals surface area contributed by atoms with Gasteiger partial charge in [0.2, 0.25) is 0 Å². The number of ether oxygens (including phenoxy) is 1. The summed E-state index contributed by atoms with van der Waals surface area (Å²) in [5, 5.41) is 11.1. The van der Waals surface area contributed by atoms with Crippen molar-refractivity contribution in [3.05, 3.63) is 47.3 Å². The van der Waals surface area contributed by atoms with Crippen molar-refractivity contribution >= 4 is 11.9 Å². The van der Waals surface area contributed by atoms with Gasteiger partial charge in [0.05, 0.1) is 11.5 Å². The van der Waals surface area contributed by atoms with Gasteiger partial charge in [0.15, 0.2) is 0 Å². The van der Waals surface area contributed by atoms with Crippen LogP contribution in [-0.2, 0) is 9.53 Å². The highest BCUT2D eigenvalue weighted by molar-refractivity contribution is 5.94. The first-order valence-electron chi connectivity index (χ1n) is 19.9. The number of halogens is 1. The zero-order valence-corrected chi connectivity index (χ0v) is 31.9. The highest BCUT2D eigenvalue weighted by Gasteiger charge is 2.69. The van der Waals surface area contributed by atoms with Gasteiger partial charge in [0, 0.05) is 38.3 Å². The van der Waals surface area contributed by atoms with Crippen molar-refractivity contribution in [3.63, 3.8) is 0 Å². The Morgan fingerprint density at radius 1 is 0.920 bits per heavy atom. The minimum absolute atomic E-state index is 0.00934. The monoisotopic (exact) mass is 690 g/mol. The zero-order valence-electron chi connectivity index (χ0n) is 31.9. The second kappa shape index (κ2) is 12.7. The first-order chi connectivity index (χ1) is 23.6. The molecule has 4 saturated carbocycles. The molecule has 0 spiro atoms. The van der Waals surface area contributed by atoms with Crippen LogP contribution in [-0.4, -0.2) is 72.2 Å². The molecule has 7 heteroatoms. The summed E-state index contributed by atoms with van der Waals surface area (Å²) in [5.41, 5.74) is 1.84. The summed E-state index contributed by atoms with van der Waals surface area (Å²) in [6.45, 7) is 20.8. The van der Waals surface area contributed by atoms with E-state index in [0.717, 1.165) is 44.9 Å². The summed E-state index contributed by atoms with van der Waals surface area (Å²) in [6.07, 6.45) is 11.8. The molecule has 5 aliphatic carbocycles. The van der Waals surface area contributed by atoms with Crippen molar-refractivity contribution in [1.82, 2.24) is 9.80 Å². The molecule has 50 heavy (non-hydrogen) atoms. The fourth-order valence-electron chi connectivity index (χ4n) is 13.2. The Kier molecular flexibility index (Phi) is 9.18. The van der Waals surface area contributed by atoms with E-state index in [0.29, 0.717) is 68.6 Å². The maximum absolute atomic E-state index is 14.5. The van der Waals surface area contributed by atoms with Gasteiger partial charge in [-0.3, -0.25) is 14.5 Å². The number of benzene rings is 1. The highest BCUT2D eigenvalue weighted by Crippen LogP contribution is 2.75. The van der Waals surface area contributed by atoms with E-state index in [1.807, 2.05) is 0 Å². The topological polar surface area (TPSA) is 70.1 Å². The van der Waals surface area contributed by atoms with Crippen LogP contribution in [0, 0.1) is 62.5 Å². The van der Waals surface area contributed by atoms with Crippen LogP contribution >= 0.6 is 0 Å². The first kappa shape index (κ1) is 36.1. The van der Waals surface area contributed by atoms with E-state index >= 15 is 0 Å². The molecular weight excluding hydrogens is 627 g/mol. The van der Waals surface area contributed by atoms with Gasteiger partial charge in [0.1, 0.15) is 12.4 Å². The lowest BCUT2D eigenvalue weighted by Gasteiger charge is -2.71. The number of hydrogen-bond donors (Lipinski definition) is 1. The third-order valence-corrected chi connectivity index (χ3v) is 16.7. The number of rotatable bonds is 5. The van der Waals surface area contributed by atoms with Gasteiger partial charge >= 0.3 is 5.97 Å². The molecule has 0 bridgehead atoms. The highest BCUT2D eigenvalue weighted by atomic mass is 19.1. The SMILES string of the molecule is C[C@H]1[C@H](C)CC[C@]2(C(=O)OCCN3CCN(C(=O)c4cccc(F)c4)CC3)CC[C@]3(C)C(=CC[C@@H]4[C@@]5(C)CC[C@H](O)C(C)(C)[C@@H]5CC[C@]43C)[C@H]12. The molecule has 1 aromatic rings. The van der Waals surface area contributed by atoms with Crippen molar-refractivity contribution in [2.24, 2.45) is 56.7 Å². The largest absolute Gasteiger partial charge is 0.464 e. The lowest BCUT2D eigenvalue weighted by atomic mass is 9.33. The Bertz CT molecular complexity index is 1520. The second-order valence-corrected chi connectivity index (χ2v) is 19.0. The van der Waals surface area contributed by atoms with Crippen LogP contribution in [0.3, 0.4) is 0 Å². The average Bonchev–Trinajstić information content (AvgIpc) is 3.08. The number of amides is 1. The van der Waals surface area contributed by atoms with Crippen LogP contribution in [0.25, 0.3) is 0 Å². The lowest BCUT2D eigenvalue weighted by molar-refractivity contribution is -0.207. The van der Waals surface area contributed by atoms with E-state index < -0.39 is 11.2 Å². The number of carbonyl (C=O) groups excluding carboxylic acids is 2. The second-order valence-electron chi connectivity index (χ2n) is 19.0. The maximum Gasteiger partial charge on any atom is 0.312 e. The van der Waals surface area contributed by atoms with Crippen molar-refractivity contribution in [1.29, 1.82) is 0 Å². The Morgan fingerprint density at radius 3 is 2.38 bits per heavy atom. The molecule has 0 aromatic heterocycles. The molecule has 10 atom stereocenters. The molecule has 5 fully saturated rings. The lowest BCUT2D eigenvalue weighted by Crippen LogP contribution is -2.65. The van der Waals surface area contributed by atoms with Crippen LogP contribution in [0.2, 0.25) is 0 Å². The third kappa shape index (κ3) is 5.36. The van der Waals surface area contributed by atoms with Gasteiger partial charge in [0.25, 0.3) is 5.91 Å². The summed E-state index contributed by atoms with van der Waals surface area (Å²) in [7, 11) is 0. The Labute approximate surface area is 300 Å². The fraction of sp³-hybridized carbons (Fsp3) is 0.767. The summed E-state index contributed by atoms with van der Waals surface area (Å²) < 4.78 is 20.0. The summed E-state index contributed by atoms with van der Waals surface area (Å²) >= 11 is 0. The third-order valence-electron chi connectivity index (χ3n) is 16.7. The zero-order chi connectivity index (χ0) is 35.9. The van der Waals surface area contributed by atoms with Crippen molar-refractivity contribution in [3.8, 4) is 0 Å². The number of allylic oxidation sites excluding steroid dienone is 2. The Morgan fingerprint density at radius 2 is 1.66 bits per heavy atom. The molecule has 1 aliphatic heterocycles. The number of aliphatic hydroxyl groups excluding tert-OH is 1. The summed E-state index contributed by atoms with van der Waals surface area (Å²) in [6, 6.07) is 5.91. The molecule has 0 radical (unpaired) electrons. The van der Waals surface area contributed by atoms with Gasteiger partial charge in [-0.2, -0.15) is 0 Å². The fourth-order valence-corrected chi connectivity index (χ4v) is 13.2. The molecule has 1 heterocycles. The number of hydrogen-bond acceptors (Lipinski definition) is 5. The minimum atomic E-state index is -0.464. The predicted octanol–water partition coefficient (Wildman–Crippen LogP) is 8.15. The minimum Gasteiger partial charge on any atom is -0.464 e. The number of piperazine rings is 1. The predicted molar refractivity (Wildman–Crippen MR) is 195 cm³/mol. The first-order valence-corrected chi connectivity index (χ1v) is 19.9. The van der Waals surface area contributed by atoms with Gasteiger partial charge in [-0.15, -0.1) is 0 Å². The van der Waals surface area contributed by atoms with Crippen LogP contribution in [0.5, 0.6) is 0 Å². The molecule has 276 valence electrons. The van der Waals surface area contributed by atoms with E-state index in [-0.39, 0.29) is 45.6 Å². The van der Waals surface area contributed by atoms with Crippen molar-refractivity contribution in [2.75, 3.05) is 39.3 Å². The molecule has 0 unspecified atom stereocenters. The Balaban J connectivity index is 1.06. The van der Waals surface area contributed by atoms with Crippen LogP contribution in [0.15, 0.2) is 35.9 Å². The van der Waals surface area contributed by atoms with Crippen LogP contribution < -0.4 is 0 Å². The van der Waals surface area contributed by atoms with Crippen LogP contribution in [0.1, 0.15) is 117 Å². The molecule has 1 aromatic carbocycles. The number of fused-ring (bicyclic) bond motifs is 7. The standard InChI is InChI=1S/C43H63FN2O4/c1-28-13-18-43(38(49)50-26-25-45-21-23-46(24-22-45)37(48)30-9-8-10-31(44)27-30)20-19-41(6)32(36(43)29(28)2)11-12-34-40(5)16-15-35(47)39(3,4)33(40)14-17-42(34,41)7/h8-11,27-29,33-36,47H,12-26H2,1-7H3/t28-,29+,33+,34-,35+,36+,40+,41-,42-,43+/m1/s1. The molecule has 7 rings (SSSR count). The summed E-state index contributed by atoms with van der Waals surface area (Å²) in [5.74, 6) is 1.78. The smallest absolute Gasteiger partial charge is 0.312 e. The molecule has 1 amide bonds. The molecule has 1 N–H and O–H groups in total. The van der Waals surface area contributed by atoms with E-state index in [2.05, 4.69) is 59.4 Å².